The monoisotopic (exact) mass is 590 g/mol. The van der Waals surface area contributed by atoms with Crippen LogP contribution in [0.25, 0.3) is 21.3 Å². The van der Waals surface area contributed by atoms with E-state index in [0.717, 1.165) is 62.8 Å². The summed E-state index contributed by atoms with van der Waals surface area (Å²) in [7, 11) is 2.09. The lowest BCUT2D eigenvalue weighted by Gasteiger charge is -2.32. The van der Waals surface area contributed by atoms with Gasteiger partial charge in [0.15, 0.2) is 5.13 Å². The van der Waals surface area contributed by atoms with Crippen LogP contribution in [0.1, 0.15) is 66.4 Å². The third-order valence-corrected chi connectivity index (χ3v) is 9.34. The van der Waals surface area contributed by atoms with Gasteiger partial charge in [0.1, 0.15) is 11.6 Å². The third kappa shape index (κ3) is 5.59. The van der Waals surface area contributed by atoms with E-state index in [1.807, 2.05) is 42.6 Å². The SMILES string of the molecule is Cc1c(-c2ccc(N3CCc4cccc(C(=O)Nc5nc6ccccc6s5)c4C3)nc2C(C)C)ccnc1N(C)C(C)C. The number of thiazole rings is 1. The molecule has 220 valence electrons. The molecule has 0 bridgehead atoms. The highest BCUT2D eigenvalue weighted by atomic mass is 32.1. The van der Waals surface area contributed by atoms with Crippen LogP contribution in [-0.4, -0.2) is 40.5 Å². The maximum absolute atomic E-state index is 13.5. The van der Waals surface area contributed by atoms with Gasteiger partial charge in [0.2, 0.25) is 0 Å². The van der Waals surface area contributed by atoms with E-state index in [-0.39, 0.29) is 11.8 Å². The molecule has 0 aliphatic carbocycles. The van der Waals surface area contributed by atoms with Crippen molar-refractivity contribution in [1.82, 2.24) is 15.0 Å². The maximum Gasteiger partial charge on any atom is 0.257 e. The lowest BCUT2D eigenvalue weighted by atomic mass is 9.93. The van der Waals surface area contributed by atoms with Crippen molar-refractivity contribution in [2.75, 3.05) is 28.7 Å². The van der Waals surface area contributed by atoms with Crippen LogP contribution >= 0.6 is 11.3 Å². The van der Waals surface area contributed by atoms with Crippen molar-refractivity contribution in [2.45, 2.75) is 59.5 Å². The first kappa shape index (κ1) is 28.8. The van der Waals surface area contributed by atoms with Crippen molar-refractivity contribution in [2.24, 2.45) is 0 Å². The van der Waals surface area contributed by atoms with Gasteiger partial charge in [0.05, 0.1) is 15.9 Å². The van der Waals surface area contributed by atoms with E-state index in [1.165, 1.54) is 16.9 Å². The molecule has 0 saturated carbocycles. The Morgan fingerprint density at radius 2 is 1.79 bits per heavy atom. The number of benzene rings is 2. The standard InChI is InChI=1S/C35H38N6OS/c1-21(2)32-26(25-16-18-36-33(23(25)5)40(6)22(3)4)14-15-31(38-32)41-19-17-24-10-9-11-27(28(24)20-41)34(42)39-35-37-29-12-7-8-13-30(29)43-35/h7-16,18,21-22H,17,19-20H2,1-6H3,(H,37,39,42). The third-order valence-electron chi connectivity index (χ3n) is 8.39. The van der Waals surface area contributed by atoms with Gasteiger partial charge in [-0.2, -0.15) is 0 Å². The summed E-state index contributed by atoms with van der Waals surface area (Å²) in [4.78, 5) is 32.6. The average molecular weight is 591 g/mol. The van der Waals surface area contributed by atoms with Crippen molar-refractivity contribution >= 4 is 44.2 Å². The minimum atomic E-state index is -0.126. The van der Waals surface area contributed by atoms with Crippen LogP contribution in [0.5, 0.6) is 0 Å². The van der Waals surface area contributed by atoms with Gasteiger partial charge in [0.25, 0.3) is 5.91 Å². The predicted octanol–water partition coefficient (Wildman–Crippen LogP) is 7.84. The van der Waals surface area contributed by atoms with Gasteiger partial charge >= 0.3 is 0 Å². The Labute approximate surface area is 257 Å². The Balaban J connectivity index is 1.30. The van der Waals surface area contributed by atoms with Gasteiger partial charge in [-0.1, -0.05) is 49.4 Å². The summed E-state index contributed by atoms with van der Waals surface area (Å²) < 4.78 is 1.06. The first-order valence-electron chi connectivity index (χ1n) is 14.9. The van der Waals surface area contributed by atoms with Crippen molar-refractivity contribution in [3.8, 4) is 11.1 Å². The van der Waals surface area contributed by atoms with Gasteiger partial charge < -0.3 is 9.80 Å². The zero-order chi connectivity index (χ0) is 30.2. The smallest absolute Gasteiger partial charge is 0.257 e. The Hall–Kier alpha value is -4.30. The molecule has 0 unspecified atom stereocenters. The molecule has 8 heteroatoms. The van der Waals surface area contributed by atoms with E-state index in [1.54, 1.807) is 0 Å². The van der Waals surface area contributed by atoms with Gasteiger partial charge in [0, 0.05) is 43.5 Å². The molecule has 43 heavy (non-hydrogen) atoms. The van der Waals surface area contributed by atoms with Crippen molar-refractivity contribution < 1.29 is 4.79 Å². The summed E-state index contributed by atoms with van der Waals surface area (Å²) in [6.07, 6.45) is 2.75. The van der Waals surface area contributed by atoms with E-state index in [9.17, 15) is 4.79 Å². The van der Waals surface area contributed by atoms with Crippen LogP contribution in [-0.2, 0) is 13.0 Å². The fourth-order valence-corrected chi connectivity index (χ4v) is 6.66. The molecule has 5 aromatic rings. The Morgan fingerprint density at radius 3 is 2.56 bits per heavy atom. The van der Waals surface area contributed by atoms with E-state index >= 15 is 0 Å². The molecule has 3 aromatic heterocycles. The Kier molecular flexibility index (Phi) is 7.88. The zero-order valence-electron chi connectivity index (χ0n) is 25.7. The zero-order valence-corrected chi connectivity index (χ0v) is 26.5. The van der Waals surface area contributed by atoms with Crippen molar-refractivity contribution in [3.05, 3.63) is 94.8 Å². The fourth-order valence-electron chi connectivity index (χ4n) is 5.80. The first-order valence-corrected chi connectivity index (χ1v) is 15.7. The summed E-state index contributed by atoms with van der Waals surface area (Å²) in [5.74, 6) is 2.04. The van der Waals surface area contributed by atoms with Gasteiger partial charge in [-0.25, -0.2) is 15.0 Å². The number of carbonyl (C=O) groups is 1. The molecule has 0 radical (unpaired) electrons. The van der Waals surface area contributed by atoms with Crippen LogP contribution in [0.15, 0.2) is 66.9 Å². The molecule has 2 aromatic carbocycles. The van der Waals surface area contributed by atoms with Crippen LogP contribution in [0.4, 0.5) is 16.8 Å². The van der Waals surface area contributed by atoms with Crippen LogP contribution < -0.4 is 15.1 Å². The number of pyridine rings is 2. The predicted molar refractivity (Wildman–Crippen MR) is 179 cm³/mol. The molecule has 0 saturated heterocycles. The molecular formula is C35H38N6OS. The number of hydrogen-bond acceptors (Lipinski definition) is 7. The molecule has 4 heterocycles. The quantitative estimate of drug-likeness (QED) is 0.208. The van der Waals surface area contributed by atoms with E-state index < -0.39 is 0 Å². The van der Waals surface area contributed by atoms with Crippen LogP contribution in [0.2, 0.25) is 0 Å². The highest BCUT2D eigenvalue weighted by molar-refractivity contribution is 7.22. The number of nitrogens with one attached hydrogen (secondary N) is 1. The molecular weight excluding hydrogens is 552 g/mol. The minimum Gasteiger partial charge on any atom is -0.357 e. The second-order valence-electron chi connectivity index (χ2n) is 11.8. The number of hydrogen-bond donors (Lipinski definition) is 1. The summed E-state index contributed by atoms with van der Waals surface area (Å²) in [6, 6.07) is 20.7. The van der Waals surface area contributed by atoms with Crippen LogP contribution in [0, 0.1) is 6.92 Å². The minimum absolute atomic E-state index is 0.126. The average Bonchev–Trinajstić information content (AvgIpc) is 3.42. The van der Waals surface area contributed by atoms with Crippen molar-refractivity contribution in [1.29, 1.82) is 0 Å². The second-order valence-corrected chi connectivity index (χ2v) is 12.9. The number of fused-ring (bicyclic) bond motifs is 2. The number of amides is 1. The summed E-state index contributed by atoms with van der Waals surface area (Å²) in [5.41, 5.74) is 8.38. The molecule has 1 aliphatic rings. The summed E-state index contributed by atoms with van der Waals surface area (Å²) >= 11 is 1.49. The maximum atomic E-state index is 13.5. The van der Waals surface area contributed by atoms with Gasteiger partial charge in [-0.3, -0.25) is 10.1 Å². The number of para-hydroxylation sites is 1. The molecule has 1 amide bonds. The Bertz CT molecular complexity index is 1780. The van der Waals surface area contributed by atoms with E-state index in [4.69, 9.17) is 9.97 Å². The number of carbonyl (C=O) groups excluding carboxylic acids is 1. The molecule has 1 aliphatic heterocycles. The van der Waals surface area contributed by atoms with Gasteiger partial charge in [-0.05, 0) is 91.8 Å². The molecule has 0 atom stereocenters. The van der Waals surface area contributed by atoms with Crippen LogP contribution in [0.3, 0.4) is 0 Å². The normalized spacial score (nSPS) is 13.1. The number of rotatable bonds is 7. The van der Waals surface area contributed by atoms with E-state index in [0.29, 0.717) is 23.3 Å². The highest BCUT2D eigenvalue weighted by Crippen LogP contribution is 2.36. The number of nitrogens with zero attached hydrogens (tertiary/aromatic N) is 5. The Morgan fingerprint density at radius 1 is 0.977 bits per heavy atom. The van der Waals surface area contributed by atoms with Crippen molar-refractivity contribution in [3.63, 3.8) is 0 Å². The highest BCUT2D eigenvalue weighted by Gasteiger charge is 2.25. The second kappa shape index (κ2) is 11.8. The molecule has 7 nitrogen and oxygen atoms in total. The van der Waals surface area contributed by atoms with Gasteiger partial charge in [-0.15, -0.1) is 0 Å². The first-order chi connectivity index (χ1) is 20.7. The molecule has 0 fully saturated rings. The topological polar surface area (TPSA) is 74.2 Å². The summed E-state index contributed by atoms with van der Waals surface area (Å²) in [5, 5.41) is 3.67. The molecule has 1 N–H and O–H groups in total. The largest absolute Gasteiger partial charge is 0.357 e. The number of anilines is 3. The molecule has 0 spiro atoms. The fraction of sp³-hybridized carbons (Fsp3) is 0.314. The summed E-state index contributed by atoms with van der Waals surface area (Å²) in [6.45, 7) is 12.4. The lowest BCUT2D eigenvalue weighted by Crippen LogP contribution is -2.33. The lowest BCUT2D eigenvalue weighted by molar-refractivity contribution is 0.102. The molecule has 6 rings (SSSR count). The van der Waals surface area contributed by atoms with E-state index in [2.05, 4.69) is 86.0 Å². The number of aromatic nitrogens is 3.